The fourth-order valence-electron chi connectivity index (χ4n) is 1.05. The minimum atomic E-state index is -3.22. The van der Waals surface area contributed by atoms with Gasteiger partial charge in [-0.3, -0.25) is 4.79 Å². The molecule has 0 spiro atoms. The number of rotatable bonds is 4. The Balaban J connectivity index is 2.62. The highest BCUT2D eigenvalue weighted by molar-refractivity contribution is 8.15. The normalized spacial score (nSPS) is 11.4. The molecule has 0 aliphatic rings. The van der Waals surface area contributed by atoms with Crippen LogP contribution in [0.3, 0.4) is 0 Å². The van der Waals surface area contributed by atoms with Gasteiger partial charge in [-0.2, -0.15) is 0 Å². The molecule has 0 saturated heterocycles. The van der Waals surface area contributed by atoms with E-state index in [0.717, 1.165) is 22.2 Å². The fourth-order valence-corrected chi connectivity index (χ4v) is 2.92. The molecule has 5 heteroatoms. The molecule has 0 aliphatic carbocycles. The number of hydrogen-bond donors (Lipinski definition) is 0. The first-order valence-electron chi connectivity index (χ1n) is 4.91. The summed E-state index contributed by atoms with van der Waals surface area (Å²) >= 11 is 0.976. The minimum absolute atomic E-state index is 0.00714. The minimum Gasteiger partial charge on any atom is -0.286 e. The van der Waals surface area contributed by atoms with Gasteiger partial charge in [0.1, 0.15) is 5.75 Å². The first-order valence-corrected chi connectivity index (χ1v) is 7.54. The molecule has 0 amide bonds. The van der Waals surface area contributed by atoms with Gasteiger partial charge in [-0.05, 0) is 19.1 Å². The van der Waals surface area contributed by atoms with Crippen LogP contribution in [0.15, 0.2) is 29.2 Å². The second-order valence-corrected chi connectivity index (χ2v) is 6.95. The van der Waals surface area contributed by atoms with Gasteiger partial charge in [-0.25, -0.2) is 8.42 Å². The van der Waals surface area contributed by atoms with Crippen molar-refractivity contribution >= 4 is 26.7 Å². The van der Waals surface area contributed by atoms with Crippen LogP contribution in [-0.2, 0) is 14.6 Å². The lowest BCUT2D eigenvalue weighted by atomic mass is 10.2. The molecule has 3 nitrogen and oxygen atoms in total. The molecule has 0 fully saturated rings. The number of carbonyl (C=O) groups is 1. The molecule has 1 aromatic carbocycles. The van der Waals surface area contributed by atoms with Crippen molar-refractivity contribution in [3.05, 3.63) is 29.8 Å². The summed E-state index contributed by atoms with van der Waals surface area (Å²) in [5.74, 6) is -0.380. The number of benzene rings is 1. The van der Waals surface area contributed by atoms with Crippen molar-refractivity contribution < 1.29 is 13.2 Å². The van der Waals surface area contributed by atoms with Crippen LogP contribution in [0.2, 0.25) is 0 Å². The Bertz CT molecular complexity index is 461. The van der Waals surface area contributed by atoms with Crippen molar-refractivity contribution in [1.82, 2.24) is 0 Å². The number of sulfone groups is 1. The summed E-state index contributed by atoms with van der Waals surface area (Å²) in [7, 11) is -3.22. The van der Waals surface area contributed by atoms with E-state index in [0.29, 0.717) is 0 Å². The first-order chi connectivity index (χ1) is 7.43. The number of thioether (sulfide) groups is 1. The van der Waals surface area contributed by atoms with E-state index in [1.54, 1.807) is 6.92 Å². The maximum atomic E-state index is 11.5. The molecular formula is C11H14O3S2. The Labute approximate surface area is 100 Å². The van der Waals surface area contributed by atoms with Crippen LogP contribution in [-0.4, -0.2) is 25.0 Å². The predicted octanol–water partition coefficient (Wildman–Crippen LogP) is 2.05. The molecule has 0 N–H and O–H groups in total. The highest BCUT2D eigenvalue weighted by atomic mass is 32.2. The third-order valence-corrected chi connectivity index (χ3v) is 4.67. The second-order valence-electron chi connectivity index (χ2n) is 3.46. The standard InChI is InChI=1S/C11H14O3S2/c1-3-16(13,14)8-11(12)15-10-6-4-9(2)5-7-10/h4-7H,3,8H2,1-2H3. The van der Waals surface area contributed by atoms with Gasteiger partial charge in [0, 0.05) is 10.6 Å². The van der Waals surface area contributed by atoms with Crippen molar-refractivity contribution in [2.75, 3.05) is 11.5 Å². The van der Waals surface area contributed by atoms with Gasteiger partial charge < -0.3 is 0 Å². The molecule has 1 aromatic rings. The molecule has 0 bridgehead atoms. The molecule has 0 atom stereocenters. The lowest BCUT2D eigenvalue weighted by Crippen LogP contribution is -2.14. The van der Waals surface area contributed by atoms with E-state index in [2.05, 4.69) is 0 Å². The van der Waals surface area contributed by atoms with Gasteiger partial charge in [-0.15, -0.1) is 0 Å². The molecule has 0 radical (unpaired) electrons. The zero-order chi connectivity index (χ0) is 12.2. The number of carbonyl (C=O) groups excluding carboxylic acids is 1. The Kier molecular flexibility index (Phi) is 4.56. The van der Waals surface area contributed by atoms with Crippen LogP contribution < -0.4 is 0 Å². The molecule has 1 rings (SSSR count). The lowest BCUT2D eigenvalue weighted by Gasteiger charge is -2.01. The summed E-state index contributed by atoms with van der Waals surface area (Å²) in [4.78, 5) is 12.2. The van der Waals surface area contributed by atoms with E-state index >= 15 is 0 Å². The first kappa shape index (κ1) is 13.3. The van der Waals surface area contributed by atoms with Gasteiger partial charge >= 0.3 is 0 Å². The molecule has 0 saturated carbocycles. The largest absolute Gasteiger partial charge is 0.286 e. The van der Waals surface area contributed by atoms with Gasteiger partial charge in [-0.1, -0.05) is 36.4 Å². The number of aryl methyl sites for hydroxylation is 1. The van der Waals surface area contributed by atoms with Crippen molar-refractivity contribution in [1.29, 1.82) is 0 Å². The van der Waals surface area contributed by atoms with Gasteiger partial charge in [0.15, 0.2) is 9.84 Å². The third-order valence-electron chi connectivity index (χ3n) is 2.03. The van der Waals surface area contributed by atoms with Crippen LogP contribution in [0.4, 0.5) is 0 Å². The Morgan fingerprint density at radius 1 is 1.25 bits per heavy atom. The van der Waals surface area contributed by atoms with E-state index in [9.17, 15) is 13.2 Å². The Morgan fingerprint density at radius 2 is 1.81 bits per heavy atom. The zero-order valence-electron chi connectivity index (χ0n) is 9.26. The maximum absolute atomic E-state index is 11.5. The Hall–Kier alpha value is -0.810. The van der Waals surface area contributed by atoms with E-state index in [4.69, 9.17) is 0 Å². The van der Waals surface area contributed by atoms with E-state index < -0.39 is 9.84 Å². The average molecular weight is 258 g/mol. The average Bonchev–Trinajstić information content (AvgIpc) is 2.21. The van der Waals surface area contributed by atoms with Gasteiger partial charge in [0.2, 0.25) is 5.12 Å². The second kappa shape index (κ2) is 5.50. The highest BCUT2D eigenvalue weighted by Crippen LogP contribution is 2.19. The van der Waals surface area contributed by atoms with Gasteiger partial charge in [0.05, 0.1) is 0 Å². The van der Waals surface area contributed by atoms with Crippen LogP contribution in [0.25, 0.3) is 0 Å². The highest BCUT2D eigenvalue weighted by Gasteiger charge is 2.15. The monoisotopic (exact) mass is 258 g/mol. The zero-order valence-corrected chi connectivity index (χ0v) is 10.9. The number of hydrogen-bond acceptors (Lipinski definition) is 4. The molecule has 0 aliphatic heterocycles. The molecule has 0 unspecified atom stereocenters. The van der Waals surface area contributed by atoms with E-state index in [1.807, 2.05) is 31.2 Å². The lowest BCUT2D eigenvalue weighted by molar-refractivity contribution is -0.108. The van der Waals surface area contributed by atoms with Crippen LogP contribution in [0.1, 0.15) is 12.5 Å². The quantitative estimate of drug-likeness (QED) is 0.776. The fraction of sp³-hybridized carbons (Fsp3) is 0.364. The van der Waals surface area contributed by atoms with E-state index in [-0.39, 0.29) is 16.6 Å². The molecule has 16 heavy (non-hydrogen) atoms. The van der Waals surface area contributed by atoms with Crippen molar-refractivity contribution in [3.63, 3.8) is 0 Å². The van der Waals surface area contributed by atoms with Gasteiger partial charge in [0.25, 0.3) is 0 Å². The summed E-state index contributed by atoms with van der Waals surface area (Å²) in [6, 6.07) is 7.42. The van der Waals surface area contributed by atoms with Crippen molar-refractivity contribution in [2.24, 2.45) is 0 Å². The SMILES string of the molecule is CCS(=O)(=O)CC(=O)Sc1ccc(C)cc1. The summed E-state index contributed by atoms with van der Waals surface area (Å²) in [5, 5.41) is -0.328. The molecule has 88 valence electrons. The van der Waals surface area contributed by atoms with Crippen molar-refractivity contribution in [2.45, 2.75) is 18.7 Å². The van der Waals surface area contributed by atoms with Crippen LogP contribution in [0, 0.1) is 6.92 Å². The summed E-state index contributed by atoms with van der Waals surface area (Å²) in [6.07, 6.45) is 0. The molecular weight excluding hydrogens is 244 g/mol. The van der Waals surface area contributed by atoms with Crippen molar-refractivity contribution in [3.8, 4) is 0 Å². The summed E-state index contributed by atoms with van der Waals surface area (Å²) < 4.78 is 22.4. The van der Waals surface area contributed by atoms with Crippen LogP contribution in [0.5, 0.6) is 0 Å². The molecule has 0 heterocycles. The smallest absolute Gasteiger partial charge is 0.208 e. The summed E-state index contributed by atoms with van der Waals surface area (Å²) in [5.41, 5.74) is 1.11. The Morgan fingerprint density at radius 3 is 2.31 bits per heavy atom. The maximum Gasteiger partial charge on any atom is 0.208 e. The molecule has 0 aromatic heterocycles. The predicted molar refractivity (Wildman–Crippen MR) is 66.4 cm³/mol. The third kappa shape index (κ3) is 4.37. The van der Waals surface area contributed by atoms with E-state index in [1.165, 1.54) is 0 Å². The van der Waals surface area contributed by atoms with Crippen LogP contribution >= 0.6 is 11.8 Å². The topological polar surface area (TPSA) is 51.2 Å². The summed E-state index contributed by atoms with van der Waals surface area (Å²) in [6.45, 7) is 3.50.